The number of sulfonamides is 1. The molecule has 0 aliphatic heterocycles. The van der Waals surface area contributed by atoms with E-state index in [2.05, 4.69) is 15.0 Å². The van der Waals surface area contributed by atoms with Crippen LogP contribution in [0.4, 0.5) is 10.8 Å². The number of para-hydroxylation sites is 1. The number of aryl methyl sites for hydroxylation is 1. The Hall–Kier alpha value is -3.04. The van der Waals surface area contributed by atoms with Crippen LogP contribution in [0.1, 0.15) is 51.6 Å². The van der Waals surface area contributed by atoms with E-state index in [-0.39, 0.29) is 27.3 Å². The average Bonchev–Trinajstić information content (AvgIpc) is 3.09. The number of benzene rings is 2. The Morgan fingerprint density at radius 3 is 2.47 bits per heavy atom. The van der Waals surface area contributed by atoms with E-state index in [0.717, 1.165) is 16.9 Å². The topological polar surface area (TPSA) is 105 Å². The molecule has 4 rings (SSSR count). The molecule has 1 amide bonds. The Kier molecular flexibility index (Phi) is 5.64. The number of nitrogens with zero attached hydrogens (tertiary/aromatic N) is 1. The molecule has 166 valence electrons. The van der Waals surface area contributed by atoms with Gasteiger partial charge in [-0.25, -0.2) is 13.4 Å². The van der Waals surface area contributed by atoms with Gasteiger partial charge in [-0.1, -0.05) is 55.0 Å². The van der Waals surface area contributed by atoms with Gasteiger partial charge < -0.3 is 0 Å². The van der Waals surface area contributed by atoms with Crippen LogP contribution < -0.4 is 10.0 Å². The van der Waals surface area contributed by atoms with Crippen molar-refractivity contribution in [3.05, 3.63) is 70.2 Å². The smallest absolute Gasteiger partial charge is 0.261 e. The van der Waals surface area contributed by atoms with Crippen LogP contribution in [0.5, 0.6) is 0 Å². The fraction of sp³-hybridized carbons (Fsp3) is 0.261. The zero-order valence-electron chi connectivity index (χ0n) is 17.9. The quantitative estimate of drug-likeness (QED) is 0.565. The Labute approximate surface area is 191 Å². The van der Waals surface area contributed by atoms with Gasteiger partial charge in [0.2, 0.25) is 0 Å². The van der Waals surface area contributed by atoms with Crippen LogP contribution in [-0.4, -0.2) is 25.1 Å². The minimum Gasteiger partial charge on any atom is -0.298 e. The van der Waals surface area contributed by atoms with Crippen molar-refractivity contribution in [2.45, 2.75) is 38.5 Å². The standard InChI is InChI=1S/C23H23N3O4S2/c1-14-8-10-15(11-9-14)32(29,30)26-17-7-5-4-6-16(17)21(28)25-22-24-18-12-23(2,3)13-19(27)20(18)31-22/h4-11,26H,12-13H2,1-3H3,(H,24,25,28). The predicted octanol–water partition coefficient (Wildman–Crippen LogP) is 4.66. The van der Waals surface area contributed by atoms with Gasteiger partial charge in [-0.2, -0.15) is 0 Å². The summed E-state index contributed by atoms with van der Waals surface area (Å²) in [5.41, 5.74) is 1.78. The molecule has 0 fully saturated rings. The van der Waals surface area contributed by atoms with Gasteiger partial charge >= 0.3 is 0 Å². The lowest BCUT2D eigenvalue weighted by atomic mass is 9.78. The molecular weight excluding hydrogens is 446 g/mol. The largest absolute Gasteiger partial charge is 0.298 e. The summed E-state index contributed by atoms with van der Waals surface area (Å²) in [6.07, 6.45) is 1.10. The number of rotatable bonds is 5. The molecule has 0 saturated heterocycles. The van der Waals surface area contributed by atoms with E-state index in [1.54, 1.807) is 24.3 Å². The monoisotopic (exact) mass is 469 g/mol. The number of hydrogen-bond donors (Lipinski definition) is 2. The molecule has 0 bridgehead atoms. The average molecular weight is 470 g/mol. The van der Waals surface area contributed by atoms with Gasteiger partial charge in [0.15, 0.2) is 10.9 Å². The van der Waals surface area contributed by atoms with Crippen molar-refractivity contribution in [2.75, 3.05) is 10.0 Å². The summed E-state index contributed by atoms with van der Waals surface area (Å²) in [6.45, 7) is 5.90. The zero-order chi connectivity index (χ0) is 23.1. The van der Waals surface area contributed by atoms with Gasteiger partial charge in [0.25, 0.3) is 15.9 Å². The van der Waals surface area contributed by atoms with E-state index in [0.29, 0.717) is 28.5 Å². The summed E-state index contributed by atoms with van der Waals surface area (Å²) >= 11 is 1.15. The van der Waals surface area contributed by atoms with Gasteiger partial charge in [0.05, 0.1) is 26.7 Å². The number of amides is 1. The minimum atomic E-state index is -3.87. The van der Waals surface area contributed by atoms with E-state index in [9.17, 15) is 18.0 Å². The maximum Gasteiger partial charge on any atom is 0.261 e. The molecular formula is C23H23N3O4S2. The van der Waals surface area contributed by atoms with E-state index in [1.807, 2.05) is 20.8 Å². The second kappa shape index (κ2) is 8.14. The summed E-state index contributed by atoms with van der Waals surface area (Å²) < 4.78 is 28.1. The van der Waals surface area contributed by atoms with Gasteiger partial charge in [0, 0.05) is 6.42 Å². The molecule has 0 saturated carbocycles. The van der Waals surface area contributed by atoms with Crippen LogP contribution >= 0.6 is 11.3 Å². The third-order valence-electron chi connectivity index (χ3n) is 5.20. The number of aromatic nitrogens is 1. The summed E-state index contributed by atoms with van der Waals surface area (Å²) in [5.74, 6) is -0.481. The van der Waals surface area contributed by atoms with Crippen molar-refractivity contribution in [1.29, 1.82) is 0 Å². The maximum absolute atomic E-state index is 13.0. The lowest BCUT2D eigenvalue weighted by Crippen LogP contribution is -2.26. The van der Waals surface area contributed by atoms with E-state index in [1.165, 1.54) is 24.3 Å². The SMILES string of the molecule is Cc1ccc(S(=O)(=O)Nc2ccccc2C(=O)Nc2nc3c(s2)C(=O)CC(C)(C)C3)cc1. The number of hydrogen-bond acceptors (Lipinski definition) is 6. The molecule has 32 heavy (non-hydrogen) atoms. The molecule has 0 radical (unpaired) electrons. The predicted molar refractivity (Wildman–Crippen MR) is 125 cm³/mol. The van der Waals surface area contributed by atoms with Crippen LogP contribution in [0, 0.1) is 12.3 Å². The van der Waals surface area contributed by atoms with Gasteiger partial charge in [-0.15, -0.1) is 0 Å². The van der Waals surface area contributed by atoms with E-state index in [4.69, 9.17) is 0 Å². The maximum atomic E-state index is 13.0. The molecule has 0 unspecified atom stereocenters. The van der Waals surface area contributed by atoms with Crippen molar-refractivity contribution in [1.82, 2.24) is 4.98 Å². The first-order valence-corrected chi connectivity index (χ1v) is 12.4. The number of carbonyl (C=O) groups is 2. The molecule has 0 spiro atoms. The van der Waals surface area contributed by atoms with Gasteiger partial charge in [-0.05, 0) is 43.0 Å². The molecule has 7 nitrogen and oxygen atoms in total. The molecule has 1 aliphatic rings. The highest BCUT2D eigenvalue weighted by molar-refractivity contribution is 7.92. The molecule has 0 atom stereocenters. The first-order chi connectivity index (χ1) is 15.0. The highest BCUT2D eigenvalue weighted by Crippen LogP contribution is 2.38. The van der Waals surface area contributed by atoms with E-state index < -0.39 is 15.9 Å². The Morgan fingerprint density at radius 1 is 1.06 bits per heavy atom. The molecule has 1 heterocycles. The number of Topliss-reactive ketones (excluding diaryl/α,β-unsaturated/α-hetero) is 1. The fourth-order valence-corrected chi connectivity index (χ4v) is 5.62. The van der Waals surface area contributed by atoms with Gasteiger partial charge in [0.1, 0.15) is 0 Å². The van der Waals surface area contributed by atoms with Crippen molar-refractivity contribution in [3.8, 4) is 0 Å². The van der Waals surface area contributed by atoms with Crippen LogP contribution in [0.25, 0.3) is 0 Å². The number of anilines is 2. The highest BCUT2D eigenvalue weighted by atomic mass is 32.2. The molecule has 2 N–H and O–H groups in total. The number of fused-ring (bicyclic) bond motifs is 1. The van der Waals surface area contributed by atoms with E-state index >= 15 is 0 Å². The van der Waals surface area contributed by atoms with Crippen molar-refractivity contribution >= 4 is 43.9 Å². The van der Waals surface area contributed by atoms with Crippen molar-refractivity contribution < 1.29 is 18.0 Å². The Balaban J connectivity index is 1.58. The highest BCUT2D eigenvalue weighted by Gasteiger charge is 2.34. The summed E-state index contributed by atoms with van der Waals surface area (Å²) in [4.78, 5) is 30.5. The van der Waals surface area contributed by atoms with Crippen molar-refractivity contribution in [2.24, 2.45) is 5.41 Å². The normalized spacial score (nSPS) is 15.2. The molecule has 3 aromatic rings. The third-order valence-corrected chi connectivity index (χ3v) is 7.64. The second-order valence-corrected chi connectivity index (χ2v) is 11.3. The van der Waals surface area contributed by atoms with Crippen LogP contribution in [0.3, 0.4) is 0 Å². The first kappa shape index (κ1) is 22.2. The van der Waals surface area contributed by atoms with Crippen LogP contribution in [-0.2, 0) is 16.4 Å². The number of thiazole rings is 1. The van der Waals surface area contributed by atoms with Crippen molar-refractivity contribution in [3.63, 3.8) is 0 Å². The number of nitrogens with one attached hydrogen (secondary N) is 2. The molecule has 2 aromatic carbocycles. The number of carbonyl (C=O) groups excluding carboxylic acids is 2. The molecule has 9 heteroatoms. The Bertz CT molecular complexity index is 1310. The fourth-order valence-electron chi connectivity index (χ4n) is 3.63. The van der Waals surface area contributed by atoms with Crippen LogP contribution in [0.15, 0.2) is 53.4 Å². The third kappa shape index (κ3) is 4.58. The van der Waals surface area contributed by atoms with Crippen LogP contribution in [0.2, 0.25) is 0 Å². The summed E-state index contributed by atoms with van der Waals surface area (Å²) in [7, 11) is -3.87. The molecule has 1 aliphatic carbocycles. The zero-order valence-corrected chi connectivity index (χ0v) is 19.6. The minimum absolute atomic E-state index is 0.0282. The molecule has 1 aromatic heterocycles. The lowest BCUT2D eigenvalue weighted by molar-refractivity contribution is 0.0915. The lowest BCUT2D eigenvalue weighted by Gasteiger charge is -2.26. The van der Waals surface area contributed by atoms with Gasteiger partial charge in [-0.3, -0.25) is 19.6 Å². The first-order valence-electron chi connectivity index (χ1n) is 10.1. The summed E-state index contributed by atoms with van der Waals surface area (Å²) in [5, 5.41) is 3.04. The number of ketones is 1. The Morgan fingerprint density at radius 2 is 1.75 bits per heavy atom. The summed E-state index contributed by atoms with van der Waals surface area (Å²) in [6, 6.07) is 12.8. The second-order valence-electron chi connectivity index (χ2n) is 8.65.